The molecular formula is C17H19N5OS2. The van der Waals surface area contributed by atoms with Crippen molar-refractivity contribution in [3.63, 3.8) is 0 Å². The van der Waals surface area contributed by atoms with E-state index in [0.29, 0.717) is 15.9 Å². The minimum Gasteiger partial charge on any atom is -0.296 e. The molecule has 3 aromatic rings. The van der Waals surface area contributed by atoms with Gasteiger partial charge in [0.15, 0.2) is 0 Å². The summed E-state index contributed by atoms with van der Waals surface area (Å²) in [5, 5.41) is 13.5. The maximum absolute atomic E-state index is 12.7. The van der Waals surface area contributed by atoms with Gasteiger partial charge in [0.05, 0.1) is 10.6 Å². The van der Waals surface area contributed by atoms with Crippen molar-refractivity contribution in [2.75, 3.05) is 5.32 Å². The number of rotatable bonds is 5. The van der Waals surface area contributed by atoms with Crippen LogP contribution in [-0.4, -0.2) is 26.1 Å². The van der Waals surface area contributed by atoms with E-state index in [1.807, 2.05) is 13.8 Å². The molecule has 0 radical (unpaired) electrons. The van der Waals surface area contributed by atoms with Gasteiger partial charge in [-0.2, -0.15) is 0 Å². The van der Waals surface area contributed by atoms with E-state index in [1.165, 1.54) is 35.5 Å². The van der Waals surface area contributed by atoms with Crippen molar-refractivity contribution >= 4 is 43.9 Å². The Morgan fingerprint density at radius 2 is 2.00 bits per heavy atom. The van der Waals surface area contributed by atoms with Gasteiger partial charge < -0.3 is 0 Å². The predicted molar refractivity (Wildman–Crippen MR) is 101 cm³/mol. The number of amides is 1. The molecule has 0 bridgehead atoms. The fourth-order valence-electron chi connectivity index (χ4n) is 2.87. The van der Waals surface area contributed by atoms with Crippen LogP contribution in [0.25, 0.3) is 10.2 Å². The molecule has 0 aromatic carbocycles. The lowest BCUT2D eigenvalue weighted by Crippen LogP contribution is -2.11. The Morgan fingerprint density at radius 1 is 1.20 bits per heavy atom. The van der Waals surface area contributed by atoms with Crippen LogP contribution in [0, 0.1) is 13.8 Å². The molecule has 0 aliphatic heterocycles. The standard InChI is InChI=1S/C17H19N5OS2/c1-4-5-11-21-22-17(24-11)20-15(23)13-8(2)12-9(3)18-14(10-6-7-10)19-16(12)25-13/h10H,4-7H2,1-3H3,(H,20,22,23). The average molecular weight is 374 g/mol. The number of anilines is 1. The van der Waals surface area contributed by atoms with Gasteiger partial charge in [0, 0.05) is 17.7 Å². The van der Waals surface area contributed by atoms with Gasteiger partial charge in [-0.25, -0.2) is 9.97 Å². The minimum atomic E-state index is -0.146. The number of fused-ring (bicyclic) bond motifs is 1. The van der Waals surface area contributed by atoms with Crippen molar-refractivity contribution in [1.82, 2.24) is 20.2 Å². The van der Waals surface area contributed by atoms with Crippen LogP contribution < -0.4 is 5.32 Å². The predicted octanol–water partition coefficient (Wildman–Crippen LogP) is 4.24. The topological polar surface area (TPSA) is 80.7 Å². The van der Waals surface area contributed by atoms with E-state index in [0.717, 1.165) is 45.1 Å². The molecule has 3 aromatic heterocycles. The van der Waals surface area contributed by atoms with Crippen LogP contribution in [0.4, 0.5) is 5.13 Å². The first-order valence-corrected chi connectivity index (χ1v) is 10.1. The summed E-state index contributed by atoms with van der Waals surface area (Å²) in [5.74, 6) is 1.28. The zero-order valence-corrected chi connectivity index (χ0v) is 16.1. The van der Waals surface area contributed by atoms with Crippen LogP contribution in [-0.2, 0) is 6.42 Å². The van der Waals surface area contributed by atoms with Crippen molar-refractivity contribution in [3.8, 4) is 0 Å². The normalized spacial score (nSPS) is 14.2. The molecule has 0 atom stereocenters. The SMILES string of the molecule is CCCc1nnc(NC(=O)c2sc3nc(C4CC4)nc(C)c3c2C)s1. The molecule has 1 aliphatic rings. The molecule has 1 saturated carbocycles. The zero-order valence-electron chi connectivity index (χ0n) is 14.4. The Kier molecular flexibility index (Phi) is 4.24. The van der Waals surface area contributed by atoms with Crippen molar-refractivity contribution in [2.45, 2.75) is 52.4 Å². The number of carbonyl (C=O) groups excluding carboxylic acids is 1. The number of thiophene rings is 1. The third kappa shape index (κ3) is 3.16. The number of nitrogens with one attached hydrogen (secondary N) is 1. The van der Waals surface area contributed by atoms with E-state index in [4.69, 9.17) is 4.98 Å². The molecule has 0 saturated heterocycles. The Labute approximate surface area is 153 Å². The van der Waals surface area contributed by atoms with E-state index in [1.54, 1.807) is 0 Å². The molecule has 1 amide bonds. The van der Waals surface area contributed by atoms with E-state index >= 15 is 0 Å². The molecule has 4 rings (SSSR count). The van der Waals surface area contributed by atoms with Gasteiger partial charge in [0.1, 0.15) is 15.7 Å². The van der Waals surface area contributed by atoms with Crippen molar-refractivity contribution in [3.05, 3.63) is 27.0 Å². The third-order valence-corrected chi connectivity index (χ3v) is 6.37. The summed E-state index contributed by atoms with van der Waals surface area (Å²) < 4.78 is 0. The lowest BCUT2D eigenvalue weighted by atomic mass is 10.1. The van der Waals surface area contributed by atoms with E-state index < -0.39 is 0 Å². The van der Waals surface area contributed by atoms with Crippen molar-refractivity contribution in [1.29, 1.82) is 0 Å². The summed E-state index contributed by atoms with van der Waals surface area (Å²) in [4.78, 5) is 23.6. The highest BCUT2D eigenvalue weighted by Crippen LogP contribution is 2.40. The van der Waals surface area contributed by atoms with E-state index in [-0.39, 0.29) is 5.91 Å². The highest BCUT2D eigenvalue weighted by Gasteiger charge is 2.28. The smallest absolute Gasteiger partial charge is 0.267 e. The molecule has 130 valence electrons. The number of hydrogen-bond acceptors (Lipinski definition) is 7. The second-order valence-electron chi connectivity index (χ2n) is 6.38. The largest absolute Gasteiger partial charge is 0.296 e. The molecule has 1 N–H and O–H groups in total. The van der Waals surface area contributed by atoms with Gasteiger partial charge >= 0.3 is 0 Å². The molecule has 1 fully saturated rings. The number of nitrogens with zero attached hydrogens (tertiary/aromatic N) is 4. The van der Waals surface area contributed by atoms with Crippen LogP contribution in [0.1, 0.15) is 63.9 Å². The summed E-state index contributed by atoms with van der Waals surface area (Å²) in [6.45, 7) is 6.06. The van der Waals surface area contributed by atoms with Crippen LogP contribution >= 0.6 is 22.7 Å². The second kappa shape index (κ2) is 6.42. The van der Waals surface area contributed by atoms with E-state index in [2.05, 4.69) is 27.4 Å². The molecule has 6 nitrogen and oxygen atoms in total. The van der Waals surface area contributed by atoms with E-state index in [9.17, 15) is 4.79 Å². The molecule has 3 heterocycles. The Hall–Kier alpha value is -1.93. The summed E-state index contributed by atoms with van der Waals surface area (Å²) >= 11 is 2.87. The van der Waals surface area contributed by atoms with Crippen molar-refractivity contribution in [2.24, 2.45) is 0 Å². The lowest BCUT2D eigenvalue weighted by Gasteiger charge is -2.02. The van der Waals surface area contributed by atoms with Gasteiger partial charge in [-0.1, -0.05) is 18.3 Å². The lowest BCUT2D eigenvalue weighted by molar-refractivity contribution is 0.103. The monoisotopic (exact) mass is 373 g/mol. The first-order chi connectivity index (χ1) is 12.1. The summed E-state index contributed by atoms with van der Waals surface area (Å²) in [6, 6.07) is 0. The quantitative estimate of drug-likeness (QED) is 0.723. The molecular weight excluding hydrogens is 354 g/mol. The van der Waals surface area contributed by atoms with Crippen LogP contribution in [0.15, 0.2) is 0 Å². The van der Waals surface area contributed by atoms with Gasteiger partial charge in [0.2, 0.25) is 5.13 Å². The first kappa shape index (κ1) is 16.5. The number of aryl methyl sites for hydroxylation is 3. The molecule has 0 unspecified atom stereocenters. The summed E-state index contributed by atoms with van der Waals surface area (Å²) in [6.07, 6.45) is 4.23. The minimum absolute atomic E-state index is 0.146. The average Bonchev–Trinajstić information content (AvgIpc) is 3.25. The number of carbonyl (C=O) groups is 1. The molecule has 1 aliphatic carbocycles. The third-order valence-electron chi connectivity index (χ3n) is 4.29. The van der Waals surface area contributed by atoms with Gasteiger partial charge in [-0.05, 0) is 38.7 Å². The van der Waals surface area contributed by atoms with Crippen LogP contribution in [0.2, 0.25) is 0 Å². The Morgan fingerprint density at radius 3 is 2.72 bits per heavy atom. The summed E-state index contributed by atoms with van der Waals surface area (Å²) in [5.41, 5.74) is 1.90. The van der Waals surface area contributed by atoms with Crippen LogP contribution in [0.5, 0.6) is 0 Å². The fourth-order valence-corrected chi connectivity index (χ4v) is 4.84. The summed E-state index contributed by atoms with van der Waals surface area (Å²) in [7, 11) is 0. The Bertz CT molecular complexity index is 958. The first-order valence-electron chi connectivity index (χ1n) is 8.48. The number of hydrogen-bond donors (Lipinski definition) is 1. The number of aromatic nitrogens is 4. The maximum Gasteiger partial charge on any atom is 0.267 e. The second-order valence-corrected chi connectivity index (χ2v) is 8.44. The van der Waals surface area contributed by atoms with Gasteiger partial charge in [-0.3, -0.25) is 10.1 Å². The van der Waals surface area contributed by atoms with Crippen LogP contribution in [0.3, 0.4) is 0 Å². The van der Waals surface area contributed by atoms with Crippen molar-refractivity contribution < 1.29 is 4.79 Å². The fraction of sp³-hybridized carbons (Fsp3) is 0.471. The van der Waals surface area contributed by atoms with Gasteiger partial charge in [-0.15, -0.1) is 21.5 Å². The molecule has 25 heavy (non-hydrogen) atoms. The zero-order chi connectivity index (χ0) is 17.6. The molecule has 8 heteroatoms. The van der Waals surface area contributed by atoms with Gasteiger partial charge in [0.25, 0.3) is 5.91 Å². The Balaban J connectivity index is 1.64. The molecule has 0 spiro atoms. The highest BCUT2D eigenvalue weighted by atomic mass is 32.1. The highest BCUT2D eigenvalue weighted by molar-refractivity contribution is 7.21. The maximum atomic E-state index is 12.7.